The Kier molecular flexibility index (Phi) is 7.82. The van der Waals surface area contributed by atoms with Crippen molar-refractivity contribution < 1.29 is 9.59 Å². The number of amides is 4. The summed E-state index contributed by atoms with van der Waals surface area (Å²) in [6.45, 7) is 0. The number of carbonyl (C=O) groups excluding carboxylic acids is 2. The van der Waals surface area contributed by atoms with Crippen molar-refractivity contribution in [3.05, 3.63) is 0 Å². The minimum Gasteiger partial charge on any atom is -0.275 e. The number of urea groups is 2. The molecule has 8 nitrogen and oxygen atoms in total. The number of hydrazine groups is 2. The standard InChI is InChI=1S/C2H8N6O2S3/c3-5-1(9)7-11-13-12-8-2(10)6-4/h3-4H2,(H2,5,7,9)(H2,6,8,10). The third kappa shape index (κ3) is 7.86. The second-order valence-electron chi connectivity index (χ2n) is 1.39. The van der Waals surface area contributed by atoms with Gasteiger partial charge in [-0.3, -0.25) is 20.3 Å². The maximum absolute atomic E-state index is 10.5. The van der Waals surface area contributed by atoms with Crippen LogP contribution in [-0.2, 0) is 0 Å². The lowest BCUT2D eigenvalue weighted by Gasteiger charge is -2.02. The molecule has 0 radical (unpaired) electrons. The van der Waals surface area contributed by atoms with Crippen LogP contribution in [0.1, 0.15) is 0 Å². The summed E-state index contributed by atoms with van der Waals surface area (Å²) in [5, 5.41) is 0. The van der Waals surface area contributed by atoms with Crippen molar-refractivity contribution in [3.63, 3.8) is 0 Å². The largest absolute Gasteiger partial charge is 0.339 e. The first-order chi connectivity index (χ1) is 6.20. The van der Waals surface area contributed by atoms with Crippen LogP contribution in [-0.4, -0.2) is 12.1 Å². The Hall–Kier alpha value is -0.490. The first-order valence-electron chi connectivity index (χ1n) is 2.73. The maximum Gasteiger partial charge on any atom is 0.339 e. The van der Waals surface area contributed by atoms with Gasteiger partial charge in [-0.2, -0.15) is 0 Å². The molecular formula is C2H8N6O2S3. The van der Waals surface area contributed by atoms with E-state index in [9.17, 15) is 9.59 Å². The number of hydrogen-bond donors (Lipinski definition) is 6. The zero-order valence-corrected chi connectivity index (χ0v) is 8.65. The molecule has 13 heavy (non-hydrogen) atoms. The second-order valence-corrected chi connectivity index (χ2v) is 4.90. The van der Waals surface area contributed by atoms with Crippen molar-refractivity contribution in [3.8, 4) is 0 Å². The lowest BCUT2D eigenvalue weighted by Crippen LogP contribution is -2.36. The van der Waals surface area contributed by atoms with E-state index in [2.05, 4.69) is 9.44 Å². The van der Waals surface area contributed by atoms with Gasteiger partial charge in [0.05, 0.1) is 0 Å². The van der Waals surface area contributed by atoms with Gasteiger partial charge in [-0.25, -0.2) is 21.3 Å². The molecule has 4 amide bonds. The van der Waals surface area contributed by atoms with Crippen molar-refractivity contribution in [1.82, 2.24) is 20.3 Å². The molecule has 0 fully saturated rings. The summed E-state index contributed by atoms with van der Waals surface area (Å²) in [6, 6.07) is -1.05. The monoisotopic (exact) mass is 244 g/mol. The molecule has 0 aliphatic rings. The van der Waals surface area contributed by atoms with Gasteiger partial charge < -0.3 is 0 Å². The molecule has 0 heterocycles. The van der Waals surface area contributed by atoms with Gasteiger partial charge in [-0.15, -0.1) is 0 Å². The van der Waals surface area contributed by atoms with E-state index in [1.807, 2.05) is 10.9 Å². The number of carbonyl (C=O) groups is 2. The molecule has 0 saturated carbocycles. The molecule has 8 N–H and O–H groups in total. The Morgan fingerprint density at radius 3 is 1.62 bits per heavy atom. The maximum atomic E-state index is 10.5. The van der Waals surface area contributed by atoms with E-state index >= 15 is 0 Å². The zero-order valence-electron chi connectivity index (χ0n) is 6.20. The molecule has 0 bridgehead atoms. The molecule has 0 aromatic rings. The van der Waals surface area contributed by atoms with Gasteiger partial charge in [-0.05, 0) is 0 Å². The Balaban J connectivity index is 3.17. The Morgan fingerprint density at radius 2 is 1.31 bits per heavy atom. The van der Waals surface area contributed by atoms with E-state index in [-0.39, 0.29) is 0 Å². The molecule has 0 atom stereocenters. The van der Waals surface area contributed by atoms with Crippen LogP contribution in [0.25, 0.3) is 0 Å². The summed E-state index contributed by atoms with van der Waals surface area (Å²) in [5.41, 5.74) is 3.73. The Labute approximate surface area is 85.7 Å². The van der Waals surface area contributed by atoms with Crippen molar-refractivity contribution >= 4 is 43.8 Å². The highest BCUT2D eigenvalue weighted by atomic mass is 33.5. The average Bonchev–Trinajstić information content (AvgIpc) is 2.16. The summed E-state index contributed by atoms with van der Waals surface area (Å²) in [5.74, 6) is 9.54. The molecular weight excluding hydrogens is 236 g/mol. The minimum atomic E-state index is -0.527. The molecule has 0 saturated heterocycles. The smallest absolute Gasteiger partial charge is 0.275 e. The van der Waals surface area contributed by atoms with E-state index in [0.717, 1.165) is 31.8 Å². The van der Waals surface area contributed by atoms with Crippen molar-refractivity contribution in [2.24, 2.45) is 11.7 Å². The van der Waals surface area contributed by atoms with Gasteiger partial charge >= 0.3 is 12.1 Å². The van der Waals surface area contributed by atoms with Gasteiger partial charge in [-0.1, -0.05) is 0 Å². The second kappa shape index (κ2) is 8.12. The van der Waals surface area contributed by atoms with E-state index in [1.54, 1.807) is 0 Å². The van der Waals surface area contributed by atoms with Crippen LogP contribution in [0.15, 0.2) is 0 Å². The van der Waals surface area contributed by atoms with Gasteiger partial charge in [0, 0.05) is 31.8 Å². The van der Waals surface area contributed by atoms with Crippen LogP contribution in [0.4, 0.5) is 9.59 Å². The molecule has 0 rings (SSSR count). The third-order valence-corrected chi connectivity index (χ3v) is 3.41. The molecule has 0 aromatic carbocycles. The van der Waals surface area contributed by atoms with Gasteiger partial charge in [0.2, 0.25) is 0 Å². The van der Waals surface area contributed by atoms with Crippen LogP contribution < -0.4 is 32.0 Å². The first-order valence-corrected chi connectivity index (χ1v) is 6.21. The van der Waals surface area contributed by atoms with Crippen molar-refractivity contribution in [2.75, 3.05) is 0 Å². The number of rotatable bonds is 4. The minimum absolute atomic E-state index is 0.527. The number of nitrogens with two attached hydrogens (primary N) is 2. The number of hydrogen-bond acceptors (Lipinski definition) is 7. The molecule has 0 unspecified atom stereocenters. The van der Waals surface area contributed by atoms with Crippen LogP contribution in [0.3, 0.4) is 0 Å². The van der Waals surface area contributed by atoms with Crippen LogP contribution in [0.5, 0.6) is 0 Å². The summed E-state index contributed by atoms with van der Waals surface area (Å²) in [4.78, 5) is 20.9. The topological polar surface area (TPSA) is 134 Å². The Bertz CT molecular complexity index is 159. The lowest BCUT2D eigenvalue weighted by atomic mass is 11.2. The predicted octanol–water partition coefficient (Wildman–Crippen LogP) is -0.808. The normalized spacial score (nSPS) is 8.77. The fourth-order valence-electron chi connectivity index (χ4n) is 0.186. The van der Waals surface area contributed by atoms with Crippen LogP contribution in [0, 0.1) is 0 Å². The van der Waals surface area contributed by atoms with Gasteiger partial charge in [0.15, 0.2) is 0 Å². The van der Waals surface area contributed by atoms with Crippen LogP contribution in [0.2, 0.25) is 0 Å². The highest BCUT2D eigenvalue weighted by Gasteiger charge is 1.99. The molecule has 0 spiro atoms. The van der Waals surface area contributed by atoms with E-state index in [4.69, 9.17) is 11.7 Å². The Morgan fingerprint density at radius 1 is 0.923 bits per heavy atom. The first kappa shape index (κ1) is 12.5. The summed E-state index contributed by atoms with van der Waals surface area (Å²) in [7, 11) is 3.10. The van der Waals surface area contributed by atoms with Crippen molar-refractivity contribution in [2.45, 2.75) is 0 Å². The predicted molar refractivity (Wildman–Crippen MR) is 54.5 cm³/mol. The molecule has 0 aliphatic heterocycles. The molecule has 11 heteroatoms. The highest BCUT2D eigenvalue weighted by molar-refractivity contribution is 9.08. The third-order valence-electron chi connectivity index (χ3n) is 0.599. The zero-order chi connectivity index (χ0) is 10.1. The molecule has 0 aliphatic carbocycles. The quantitative estimate of drug-likeness (QED) is 0.0951. The van der Waals surface area contributed by atoms with Gasteiger partial charge in [0.25, 0.3) is 0 Å². The van der Waals surface area contributed by atoms with Crippen molar-refractivity contribution in [1.29, 1.82) is 0 Å². The fraction of sp³-hybridized carbons (Fsp3) is 0. The average molecular weight is 244 g/mol. The molecule has 0 aromatic heterocycles. The summed E-state index contributed by atoms with van der Waals surface area (Å²) in [6.07, 6.45) is 0. The van der Waals surface area contributed by atoms with E-state index in [1.165, 1.54) is 0 Å². The van der Waals surface area contributed by atoms with E-state index < -0.39 is 12.1 Å². The number of nitrogens with one attached hydrogen (secondary N) is 4. The fourth-order valence-corrected chi connectivity index (χ4v) is 2.24. The summed E-state index contributed by atoms with van der Waals surface area (Å²) >= 11 is 0. The highest BCUT2D eigenvalue weighted by Crippen LogP contribution is 2.28. The molecule has 76 valence electrons. The lowest BCUT2D eigenvalue weighted by molar-refractivity contribution is 0.246. The van der Waals surface area contributed by atoms with Crippen LogP contribution >= 0.6 is 31.8 Å². The van der Waals surface area contributed by atoms with Gasteiger partial charge in [0.1, 0.15) is 0 Å². The van der Waals surface area contributed by atoms with E-state index in [0.29, 0.717) is 0 Å². The SMILES string of the molecule is NNC(=O)NSSSNC(=O)NN. The summed E-state index contributed by atoms with van der Waals surface area (Å²) < 4.78 is 4.61.